The van der Waals surface area contributed by atoms with Gasteiger partial charge in [-0.1, -0.05) is 19.9 Å². The molecule has 1 aromatic rings. The molecule has 2 rings (SSSR count). The maximum absolute atomic E-state index is 14.2. The molecule has 1 aliphatic heterocycles. The van der Waals surface area contributed by atoms with E-state index in [2.05, 4.69) is 10.2 Å². The van der Waals surface area contributed by atoms with Crippen molar-refractivity contribution >= 4 is 12.4 Å². The van der Waals surface area contributed by atoms with Crippen LogP contribution in [-0.4, -0.2) is 42.8 Å². The number of aliphatic hydroxyl groups is 1. The highest BCUT2D eigenvalue weighted by molar-refractivity contribution is 5.85. The number of aliphatic hydroxyl groups excluding tert-OH is 1. The van der Waals surface area contributed by atoms with Crippen molar-refractivity contribution in [3.63, 3.8) is 0 Å². The molecule has 120 valence electrons. The number of nitrogens with one attached hydrogen (secondary N) is 1. The fourth-order valence-electron chi connectivity index (χ4n) is 2.86. The van der Waals surface area contributed by atoms with Crippen molar-refractivity contribution in [1.29, 1.82) is 0 Å². The molecule has 3 nitrogen and oxygen atoms in total. The van der Waals surface area contributed by atoms with Gasteiger partial charge in [-0.2, -0.15) is 0 Å². The van der Waals surface area contributed by atoms with Gasteiger partial charge in [-0.05, 0) is 6.07 Å². The maximum atomic E-state index is 14.2. The van der Waals surface area contributed by atoms with Crippen LogP contribution in [0.5, 0.6) is 0 Å². The summed E-state index contributed by atoms with van der Waals surface area (Å²) in [5.41, 5.74) is -0.0527. The van der Waals surface area contributed by atoms with Gasteiger partial charge in [0.05, 0.1) is 0 Å². The van der Waals surface area contributed by atoms with Crippen molar-refractivity contribution in [2.24, 2.45) is 5.41 Å². The highest BCUT2D eigenvalue weighted by atomic mass is 35.5. The molecule has 1 atom stereocenters. The van der Waals surface area contributed by atoms with Gasteiger partial charge in [-0.3, -0.25) is 4.90 Å². The van der Waals surface area contributed by atoms with Crippen molar-refractivity contribution < 1.29 is 13.9 Å². The zero-order chi connectivity index (χ0) is 14.8. The molecule has 0 amide bonds. The first kappa shape index (κ1) is 18.3. The summed E-state index contributed by atoms with van der Waals surface area (Å²) in [6, 6.07) is 3.42. The Balaban J connectivity index is 0.00000220. The lowest BCUT2D eigenvalue weighted by Gasteiger charge is -2.43. The van der Waals surface area contributed by atoms with Crippen LogP contribution >= 0.6 is 12.4 Å². The summed E-state index contributed by atoms with van der Waals surface area (Å²) in [4.78, 5) is 2.16. The Morgan fingerprint density at radius 2 is 1.90 bits per heavy atom. The molecule has 0 unspecified atom stereocenters. The minimum atomic E-state index is -0.577. The maximum Gasteiger partial charge on any atom is 0.130 e. The van der Waals surface area contributed by atoms with E-state index >= 15 is 0 Å². The third kappa shape index (κ3) is 4.13. The third-order valence-electron chi connectivity index (χ3n) is 3.92. The predicted octanol–water partition coefficient (Wildman–Crippen LogP) is 2.35. The molecular weight excluding hydrogens is 298 g/mol. The molecule has 1 saturated heterocycles. The smallest absolute Gasteiger partial charge is 0.130 e. The van der Waals surface area contributed by atoms with Gasteiger partial charge in [-0.15, -0.1) is 12.4 Å². The standard InChI is InChI=1S/C15H22F2N2O.ClH/c1-15(2,10-20)14(19-7-5-18-6-8-19)12-4-3-11(16)9-13(12)17;/h3-4,9,14,18,20H,5-8,10H2,1-2H3;1H/t14-;/m0./s1. The summed E-state index contributed by atoms with van der Waals surface area (Å²) in [7, 11) is 0. The van der Waals surface area contributed by atoms with Crippen molar-refractivity contribution in [2.45, 2.75) is 19.9 Å². The van der Waals surface area contributed by atoms with Gasteiger partial charge in [-0.25, -0.2) is 8.78 Å². The van der Waals surface area contributed by atoms with E-state index in [1.165, 1.54) is 12.1 Å². The monoisotopic (exact) mass is 320 g/mol. The molecule has 21 heavy (non-hydrogen) atoms. The highest BCUT2D eigenvalue weighted by Gasteiger charge is 2.37. The van der Waals surface area contributed by atoms with Crippen LogP contribution in [0.25, 0.3) is 0 Å². The predicted molar refractivity (Wildman–Crippen MR) is 81.7 cm³/mol. The van der Waals surface area contributed by atoms with E-state index in [9.17, 15) is 13.9 Å². The molecule has 1 aliphatic rings. The molecule has 1 heterocycles. The second-order valence-electron chi connectivity index (χ2n) is 6.00. The van der Waals surface area contributed by atoms with Crippen LogP contribution in [0.2, 0.25) is 0 Å². The van der Waals surface area contributed by atoms with Gasteiger partial charge in [0.2, 0.25) is 0 Å². The quantitative estimate of drug-likeness (QED) is 0.894. The zero-order valence-corrected chi connectivity index (χ0v) is 13.2. The summed E-state index contributed by atoms with van der Waals surface area (Å²) in [6.45, 7) is 6.99. The largest absolute Gasteiger partial charge is 0.396 e. The molecule has 0 aromatic heterocycles. The number of nitrogens with zero attached hydrogens (tertiary/aromatic N) is 1. The molecule has 0 bridgehead atoms. The molecule has 1 fully saturated rings. The van der Waals surface area contributed by atoms with Gasteiger partial charge in [0, 0.05) is 55.9 Å². The molecular formula is C15H23ClF2N2O. The lowest BCUT2D eigenvalue weighted by Crippen LogP contribution is -2.49. The van der Waals surface area contributed by atoms with Crippen molar-refractivity contribution in [2.75, 3.05) is 32.8 Å². The Labute approximate surface area is 130 Å². The summed E-state index contributed by atoms with van der Waals surface area (Å²) < 4.78 is 27.3. The summed E-state index contributed by atoms with van der Waals surface area (Å²) in [5.74, 6) is -1.12. The fraction of sp³-hybridized carbons (Fsp3) is 0.600. The van der Waals surface area contributed by atoms with E-state index < -0.39 is 17.0 Å². The second-order valence-corrected chi connectivity index (χ2v) is 6.00. The van der Waals surface area contributed by atoms with Crippen molar-refractivity contribution in [3.8, 4) is 0 Å². The van der Waals surface area contributed by atoms with Crippen LogP contribution < -0.4 is 5.32 Å². The number of rotatable bonds is 4. The number of hydrogen-bond acceptors (Lipinski definition) is 3. The average Bonchev–Trinajstić information content (AvgIpc) is 2.43. The molecule has 0 spiro atoms. The van der Waals surface area contributed by atoms with E-state index in [0.717, 1.165) is 32.2 Å². The molecule has 0 saturated carbocycles. The van der Waals surface area contributed by atoms with Crippen molar-refractivity contribution in [3.05, 3.63) is 35.4 Å². The van der Waals surface area contributed by atoms with E-state index in [1.807, 2.05) is 13.8 Å². The highest BCUT2D eigenvalue weighted by Crippen LogP contribution is 2.39. The second kappa shape index (κ2) is 7.49. The van der Waals surface area contributed by atoms with Gasteiger partial charge in [0.25, 0.3) is 0 Å². The van der Waals surface area contributed by atoms with Crippen LogP contribution in [0.1, 0.15) is 25.5 Å². The van der Waals surface area contributed by atoms with E-state index in [-0.39, 0.29) is 25.1 Å². The van der Waals surface area contributed by atoms with E-state index in [4.69, 9.17) is 0 Å². The first-order valence-corrected chi connectivity index (χ1v) is 6.96. The van der Waals surface area contributed by atoms with E-state index in [0.29, 0.717) is 5.56 Å². The average molecular weight is 321 g/mol. The number of halogens is 3. The Hall–Kier alpha value is -0.750. The number of benzene rings is 1. The minimum Gasteiger partial charge on any atom is -0.396 e. The molecule has 6 heteroatoms. The third-order valence-corrected chi connectivity index (χ3v) is 3.92. The van der Waals surface area contributed by atoms with Crippen LogP contribution in [0.4, 0.5) is 8.78 Å². The molecule has 0 radical (unpaired) electrons. The normalized spacial score (nSPS) is 18.1. The molecule has 0 aliphatic carbocycles. The van der Waals surface area contributed by atoms with Crippen LogP contribution in [0, 0.1) is 17.0 Å². The Kier molecular flexibility index (Phi) is 6.53. The summed E-state index contributed by atoms with van der Waals surface area (Å²) >= 11 is 0. The van der Waals surface area contributed by atoms with Gasteiger partial charge in [0.15, 0.2) is 0 Å². The Morgan fingerprint density at radius 3 is 2.43 bits per heavy atom. The first-order chi connectivity index (χ1) is 9.45. The SMILES string of the molecule is CC(C)(CO)[C@H](c1ccc(F)cc1F)N1CCNCC1.Cl. The Bertz CT molecular complexity index is 465. The van der Waals surface area contributed by atoms with Crippen molar-refractivity contribution in [1.82, 2.24) is 10.2 Å². The van der Waals surface area contributed by atoms with Crippen LogP contribution in [-0.2, 0) is 0 Å². The molecule has 1 aromatic carbocycles. The van der Waals surface area contributed by atoms with Crippen LogP contribution in [0.3, 0.4) is 0 Å². The summed E-state index contributed by atoms with van der Waals surface area (Å²) in [6.07, 6.45) is 0. The van der Waals surface area contributed by atoms with Gasteiger partial charge >= 0.3 is 0 Å². The van der Waals surface area contributed by atoms with Crippen LogP contribution in [0.15, 0.2) is 18.2 Å². The number of hydrogen-bond donors (Lipinski definition) is 2. The Morgan fingerprint density at radius 1 is 1.29 bits per heavy atom. The zero-order valence-electron chi connectivity index (χ0n) is 12.4. The molecule has 2 N–H and O–H groups in total. The van der Waals surface area contributed by atoms with Gasteiger partial charge in [0.1, 0.15) is 11.6 Å². The lowest BCUT2D eigenvalue weighted by molar-refractivity contribution is 0.0286. The minimum absolute atomic E-state index is 0. The number of piperazine rings is 1. The topological polar surface area (TPSA) is 35.5 Å². The van der Waals surface area contributed by atoms with E-state index in [1.54, 1.807) is 0 Å². The first-order valence-electron chi connectivity index (χ1n) is 6.96. The van der Waals surface area contributed by atoms with Gasteiger partial charge < -0.3 is 10.4 Å². The lowest BCUT2D eigenvalue weighted by atomic mass is 9.79. The fourth-order valence-corrected chi connectivity index (χ4v) is 2.86. The summed E-state index contributed by atoms with van der Waals surface area (Å²) in [5, 5.41) is 12.9.